The van der Waals surface area contributed by atoms with Gasteiger partial charge in [0.2, 0.25) is 0 Å². The van der Waals surface area contributed by atoms with Crippen LogP contribution in [0.1, 0.15) is 41.3 Å². The van der Waals surface area contributed by atoms with Gasteiger partial charge >= 0.3 is 0 Å². The minimum atomic E-state index is -0.182. The van der Waals surface area contributed by atoms with Gasteiger partial charge in [-0.05, 0) is 68.1 Å². The highest BCUT2D eigenvalue weighted by molar-refractivity contribution is 5.30. The fourth-order valence-electron chi connectivity index (χ4n) is 3.02. The molecule has 110 valence electrons. The number of benzene rings is 1. The van der Waals surface area contributed by atoms with Crippen LogP contribution in [0.15, 0.2) is 36.4 Å². The first kappa shape index (κ1) is 14.2. The number of rotatable bonds is 3. The molecule has 2 heterocycles. The first-order valence-electron chi connectivity index (χ1n) is 7.63. The van der Waals surface area contributed by atoms with E-state index in [-0.39, 0.29) is 5.82 Å². The molecule has 0 amide bonds. The number of piperidine rings is 1. The summed E-state index contributed by atoms with van der Waals surface area (Å²) in [7, 11) is 0. The summed E-state index contributed by atoms with van der Waals surface area (Å²) in [5.74, 6) is 0.337. The third kappa shape index (κ3) is 3.67. The molecular weight excluding hydrogens is 263 g/mol. The molecule has 1 aromatic heterocycles. The number of hydrogen-bond acceptors (Lipinski definition) is 2. The van der Waals surface area contributed by atoms with Gasteiger partial charge in [0.15, 0.2) is 0 Å². The molecule has 2 nitrogen and oxygen atoms in total. The van der Waals surface area contributed by atoms with E-state index in [1.165, 1.54) is 36.2 Å². The van der Waals surface area contributed by atoms with E-state index >= 15 is 0 Å². The zero-order chi connectivity index (χ0) is 14.7. The van der Waals surface area contributed by atoms with E-state index in [4.69, 9.17) is 4.98 Å². The predicted octanol–water partition coefficient (Wildman–Crippen LogP) is 3.59. The Labute approximate surface area is 125 Å². The maximum Gasteiger partial charge on any atom is 0.123 e. The molecule has 1 N–H and O–H groups in total. The molecule has 2 aromatic rings. The van der Waals surface area contributed by atoms with Crippen molar-refractivity contribution in [1.29, 1.82) is 0 Å². The molecule has 0 saturated carbocycles. The molecule has 0 radical (unpaired) electrons. The summed E-state index contributed by atoms with van der Waals surface area (Å²) in [5, 5.41) is 3.45. The number of nitrogens with zero attached hydrogens (tertiary/aromatic N) is 1. The van der Waals surface area contributed by atoms with E-state index in [2.05, 4.69) is 17.4 Å². The van der Waals surface area contributed by atoms with Crippen molar-refractivity contribution in [3.8, 4) is 0 Å². The molecule has 1 atom stereocenters. The van der Waals surface area contributed by atoms with Crippen LogP contribution in [0, 0.1) is 12.7 Å². The summed E-state index contributed by atoms with van der Waals surface area (Å²) in [4.78, 5) is 4.71. The Morgan fingerprint density at radius 2 is 2.00 bits per heavy atom. The fraction of sp³-hybridized carbons (Fsp3) is 0.389. The summed E-state index contributed by atoms with van der Waals surface area (Å²) in [6, 6.07) is 11.1. The van der Waals surface area contributed by atoms with E-state index in [0.29, 0.717) is 5.92 Å². The summed E-state index contributed by atoms with van der Waals surface area (Å²) < 4.78 is 13.0. The Morgan fingerprint density at radius 3 is 2.71 bits per heavy atom. The van der Waals surface area contributed by atoms with Crippen LogP contribution in [0.5, 0.6) is 0 Å². The summed E-state index contributed by atoms with van der Waals surface area (Å²) in [6.07, 6.45) is 3.25. The Morgan fingerprint density at radius 1 is 1.19 bits per heavy atom. The van der Waals surface area contributed by atoms with Crippen LogP contribution >= 0.6 is 0 Å². The lowest BCUT2D eigenvalue weighted by molar-refractivity contribution is 0.454. The molecule has 1 fully saturated rings. The van der Waals surface area contributed by atoms with Gasteiger partial charge in [0.05, 0.1) is 0 Å². The highest BCUT2D eigenvalue weighted by Gasteiger charge is 2.17. The standard InChI is InChI=1S/C18H21FN2/c1-13-9-15(10-14-4-6-17(19)7-5-14)11-18(21-13)16-3-2-8-20-12-16/h4-7,9,11,16,20H,2-3,8,10,12H2,1H3. The van der Waals surface area contributed by atoms with Gasteiger partial charge in [0, 0.05) is 23.9 Å². The van der Waals surface area contributed by atoms with Crippen LogP contribution in [0.3, 0.4) is 0 Å². The van der Waals surface area contributed by atoms with Crippen molar-refractivity contribution in [3.05, 3.63) is 64.7 Å². The molecule has 21 heavy (non-hydrogen) atoms. The largest absolute Gasteiger partial charge is 0.316 e. The van der Waals surface area contributed by atoms with Gasteiger partial charge in [-0.3, -0.25) is 4.98 Å². The molecule has 1 aromatic carbocycles. The maximum absolute atomic E-state index is 13.0. The molecule has 1 unspecified atom stereocenters. The van der Waals surface area contributed by atoms with E-state index < -0.39 is 0 Å². The number of hydrogen-bond donors (Lipinski definition) is 1. The molecule has 1 saturated heterocycles. The van der Waals surface area contributed by atoms with Crippen molar-refractivity contribution < 1.29 is 4.39 Å². The van der Waals surface area contributed by atoms with E-state index in [9.17, 15) is 4.39 Å². The van der Waals surface area contributed by atoms with Gasteiger partial charge < -0.3 is 5.32 Å². The normalized spacial score (nSPS) is 18.7. The van der Waals surface area contributed by atoms with Crippen molar-refractivity contribution >= 4 is 0 Å². The number of halogens is 1. The number of aromatic nitrogens is 1. The Balaban J connectivity index is 1.81. The van der Waals surface area contributed by atoms with Crippen LogP contribution in [-0.2, 0) is 6.42 Å². The van der Waals surface area contributed by atoms with Gasteiger partial charge in [-0.25, -0.2) is 4.39 Å². The minimum Gasteiger partial charge on any atom is -0.316 e. The average Bonchev–Trinajstić information content (AvgIpc) is 2.50. The predicted molar refractivity (Wildman–Crippen MR) is 83.0 cm³/mol. The Bertz CT molecular complexity index is 601. The zero-order valence-corrected chi connectivity index (χ0v) is 12.4. The Kier molecular flexibility index (Phi) is 4.30. The average molecular weight is 284 g/mol. The number of aryl methyl sites for hydroxylation is 1. The quantitative estimate of drug-likeness (QED) is 0.931. The van der Waals surface area contributed by atoms with Gasteiger partial charge in [0.1, 0.15) is 5.82 Å². The van der Waals surface area contributed by atoms with Gasteiger partial charge in [-0.15, -0.1) is 0 Å². The van der Waals surface area contributed by atoms with Gasteiger partial charge in [0.25, 0.3) is 0 Å². The molecule has 1 aliphatic heterocycles. The van der Waals surface area contributed by atoms with Crippen LogP contribution in [0.2, 0.25) is 0 Å². The topological polar surface area (TPSA) is 24.9 Å². The third-order valence-electron chi connectivity index (χ3n) is 4.07. The molecule has 0 spiro atoms. The van der Waals surface area contributed by atoms with Crippen molar-refractivity contribution in [2.75, 3.05) is 13.1 Å². The first-order valence-corrected chi connectivity index (χ1v) is 7.63. The fourth-order valence-corrected chi connectivity index (χ4v) is 3.02. The highest BCUT2D eigenvalue weighted by Crippen LogP contribution is 2.23. The SMILES string of the molecule is Cc1cc(Cc2ccc(F)cc2)cc(C2CCCNC2)n1. The lowest BCUT2D eigenvalue weighted by atomic mass is 9.93. The Hall–Kier alpha value is -1.74. The van der Waals surface area contributed by atoms with Crippen molar-refractivity contribution in [3.63, 3.8) is 0 Å². The van der Waals surface area contributed by atoms with Crippen molar-refractivity contribution in [2.24, 2.45) is 0 Å². The number of pyridine rings is 1. The van der Waals surface area contributed by atoms with Crippen molar-refractivity contribution in [1.82, 2.24) is 10.3 Å². The lowest BCUT2D eigenvalue weighted by Gasteiger charge is -2.23. The van der Waals surface area contributed by atoms with Crippen LogP contribution < -0.4 is 5.32 Å². The van der Waals surface area contributed by atoms with Crippen LogP contribution in [0.25, 0.3) is 0 Å². The summed E-state index contributed by atoms with van der Waals surface area (Å²) in [5.41, 5.74) is 4.65. The van der Waals surface area contributed by atoms with Crippen molar-refractivity contribution in [2.45, 2.75) is 32.1 Å². The van der Waals surface area contributed by atoms with Gasteiger partial charge in [-0.1, -0.05) is 12.1 Å². The maximum atomic E-state index is 13.0. The highest BCUT2D eigenvalue weighted by atomic mass is 19.1. The molecule has 0 bridgehead atoms. The first-order chi connectivity index (χ1) is 10.2. The molecule has 0 aliphatic carbocycles. The molecular formula is C18H21FN2. The second-order valence-electron chi connectivity index (χ2n) is 5.89. The van der Waals surface area contributed by atoms with E-state index in [0.717, 1.165) is 30.8 Å². The molecule has 3 heteroatoms. The second kappa shape index (κ2) is 6.35. The number of nitrogens with one attached hydrogen (secondary N) is 1. The van der Waals surface area contributed by atoms with E-state index in [1.54, 1.807) is 0 Å². The molecule has 3 rings (SSSR count). The monoisotopic (exact) mass is 284 g/mol. The summed E-state index contributed by atoms with van der Waals surface area (Å²) in [6.45, 7) is 4.19. The van der Waals surface area contributed by atoms with Crippen LogP contribution in [-0.4, -0.2) is 18.1 Å². The summed E-state index contributed by atoms with van der Waals surface area (Å²) >= 11 is 0. The van der Waals surface area contributed by atoms with Gasteiger partial charge in [-0.2, -0.15) is 0 Å². The third-order valence-corrected chi connectivity index (χ3v) is 4.07. The second-order valence-corrected chi connectivity index (χ2v) is 5.89. The molecule has 1 aliphatic rings. The van der Waals surface area contributed by atoms with Crippen LogP contribution in [0.4, 0.5) is 4.39 Å². The zero-order valence-electron chi connectivity index (χ0n) is 12.4. The lowest BCUT2D eigenvalue weighted by Crippen LogP contribution is -2.29. The smallest absolute Gasteiger partial charge is 0.123 e. The minimum absolute atomic E-state index is 0.182. The van der Waals surface area contributed by atoms with E-state index in [1.807, 2.05) is 19.1 Å².